The smallest absolute Gasteiger partial charge is 0.258 e. The molecular formula is C6H2BrFNO2. The van der Waals surface area contributed by atoms with Crippen LogP contribution in [-0.4, -0.2) is 4.92 Å². The largest absolute Gasteiger partial charge is 0.280 e. The molecule has 1 aromatic rings. The Morgan fingerprint density at radius 1 is 1.73 bits per heavy atom. The molecule has 0 saturated carbocycles. The van der Waals surface area contributed by atoms with Crippen LogP contribution in [0.5, 0.6) is 0 Å². The predicted molar refractivity (Wildman–Crippen MR) is 39.6 cm³/mol. The van der Waals surface area contributed by atoms with E-state index >= 15 is 0 Å². The van der Waals surface area contributed by atoms with Gasteiger partial charge in [-0.2, -0.15) is 0 Å². The van der Waals surface area contributed by atoms with E-state index in [0.717, 1.165) is 6.07 Å². The van der Waals surface area contributed by atoms with Crippen molar-refractivity contribution >= 4 is 21.6 Å². The van der Waals surface area contributed by atoms with Crippen LogP contribution in [0.3, 0.4) is 0 Å². The van der Waals surface area contributed by atoms with Crippen molar-refractivity contribution in [1.29, 1.82) is 0 Å². The van der Waals surface area contributed by atoms with Gasteiger partial charge >= 0.3 is 0 Å². The standard InChI is InChI=1S/C6H2BrFNO2/c7-5-2-1-4(9(10)11)3-6(5)8/h2-3H. The Hall–Kier alpha value is -0.970. The summed E-state index contributed by atoms with van der Waals surface area (Å²) in [6, 6.07) is 4.27. The molecule has 1 rings (SSSR count). The summed E-state index contributed by atoms with van der Waals surface area (Å²) in [6.07, 6.45) is 0. The predicted octanol–water partition coefficient (Wildman–Crippen LogP) is 2.30. The maximum absolute atomic E-state index is 12.6. The van der Waals surface area contributed by atoms with Crippen LogP contribution in [0.4, 0.5) is 10.1 Å². The van der Waals surface area contributed by atoms with Gasteiger partial charge in [0, 0.05) is 0 Å². The third kappa shape index (κ3) is 1.74. The number of halogens is 2. The maximum atomic E-state index is 12.6. The SMILES string of the molecule is O=[N+]([O-])c1[c]cc(Br)c(F)c1. The molecule has 0 aliphatic heterocycles. The maximum Gasteiger partial charge on any atom is 0.280 e. The lowest BCUT2D eigenvalue weighted by atomic mass is 10.3. The number of nitro benzene ring substituents is 1. The summed E-state index contributed by atoms with van der Waals surface area (Å²) in [7, 11) is 0. The second-order valence-electron chi connectivity index (χ2n) is 1.77. The molecule has 1 aromatic carbocycles. The van der Waals surface area contributed by atoms with E-state index in [9.17, 15) is 14.5 Å². The molecule has 0 aromatic heterocycles. The first-order chi connectivity index (χ1) is 5.11. The fraction of sp³-hybridized carbons (Fsp3) is 0. The van der Waals surface area contributed by atoms with E-state index in [1.807, 2.05) is 0 Å². The highest BCUT2D eigenvalue weighted by atomic mass is 79.9. The fourth-order valence-electron chi connectivity index (χ4n) is 0.542. The van der Waals surface area contributed by atoms with Crippen LogP contribution in [0.25, 0.3) is 0 Å². The Morgan fingerprint density at radius 2 is 2.36 bits per heavy atom. The molecule has 0 amide bonds. The second kappa shape index (κ2) is 2.96. The zero-order valence-corrected chi connectivity index (χ0v) is 6.76. The molecule has 11 heavy (non-hydrogen) atoms. The summed E-state index contributed by atoms with van der Waals surface area (Å²) in [6.45, 7) is 0. The van der Waals surface area contributed by atoms with Crippen LogP contribution >= 0.6 is 15.9 Å². The first-order valence-corrected chi connectivity index (χ1v) is 3.41. The highest BCUT2D eigenvalue weighted by Crippen LogP contribution is 2.19. The van der Waals surface area contributed by atoms with E-state index < -0.39 is 10.7 Å². The van der Waals surface area contributed by atoms with Crippen molar-refractivity contribution in [1.82, 2.24) is 0 Å². The molecule has 0 spiro atoms. The molecule has 0 fully saturated rings. The average Bonchev–Trinajstić information content (AvgIpc) is 1.94. The zero-order valence-electron chi connectivity index (χ0n) is 5.17. The van der Waals surface area contributed by atoms with Gasteiger partial charge in [-0.25, -0.2) is 4.39 Å². The van der Waals surface area contributed by atoms with Crippen molar-refractivity contribution in [3.05, 3.63) is 38.6 Å². The lowest BCUT2D eigenvalue weighted by Gasteiger charge is -1.92. The molecule has 0 atom stereocenters. The second-order valence-corrected chi connectivity index (χ2v) is 2.63. The van der Waals surface area contributed by atoms with E-state index in [2.05, 4.69) is 22.0 Å². The minimum Gasteiger partial charge on any atom is -0.258 e. The van der Waals surface area contributed by atoms with Gasteiger partial charge in [-0.15, -0.1) is 0 Å². The van der Waals surface area contributed by atoms with E-state index in [1.165, 1.54) is 6.07 Å². The highest BCUT2D eigenvalue weighted by molar-refractivity contribution is 9.10. The fourth-order valence-corrected chi connectivity index (χ4v) is 0.771. The van der Waals surface area contributed by atoms with Crippen LogP contribution in [0, 0.1) is 22.0 Å². The van der Waals surface area contributed by atoms with Crippen molar-refractivity contribution in [2.75, 3.05) is 0 Å². The normalized spacial score (nSPS) is 9.64. The van der Waals surface area contributed by atoms with Gasteiger partial charge in [0.2, 0.25) is 0 Å². The molecule has 0 unspecified atom stereocenters. The van der Waals surface area contributed by atoms with Crippen LogP contribution in [0.15, 0.2) is 16.6 Å². The van der Waals surface area contributed by atoms with Crippen LogP contribution in [-0.2, 0) is 0 Å². The molecule has 1 radical (unpaired) electrons. The van der Waals surface area contributed by atoms with Gasteiger partial charge < -0.3 is 0 Å². The van der Waals surface area contributed by atoms with Gasteiger partial charge in [-0.3, -0.25) is 10.1 Å². The minimum atomic E-state index is -0.699. The molecule has 5 heteroatoms. The minimum absolute atomic E-state index is 0.170. The van der Waals surface area contributed by atoms with E-state index in [-0.39, 0.29) is 10.2 Å². The molecule has 0 aliphatic carbocycles. The number of non-ortho nitro benzene ring substituents is 1. The molecule has 0 N–H and O–H groups in total. The number of nitro groups is 1. The Bertz CT molecular complexity index is 303. The van der Waals surface area contributed by atoms with Gasteiger partial charge in [0.1, 0.15) is 5.82 Å². The Morgan fingerprint density at radius 3 is 2.82 bits per heavy atom. The average molecular weight is 219 g/mol. The molecular weight excluding hydrogens is 217 g/mol. The van der Waals surface area contributed by atoms with Crippen LogP contribution in [0.1, 0.15) is 0 Å². The summed E-state index contributed by atoms with van der Waals surface area (Å²) in [5, 5.41) is 10.1. The number of rotatable bonds is 1. The van der Waals surface area contributed by atoms with Crippen LogP contribution < -0.4 is 0 Å². The summed E-state index contributed by atoms with van der Waals surface area (Å²) in [5.74, 6) is -0.657. The molecule has 57 valence electrons. The third-order valence-electron chi connectivity index (χ3n) is 1.04. The van der Waals surface area contributed by atoms with Crippen molar-refractivity contribution in [2.45, 2.75) is 0 Å². The lowest BCUT2D eigenvalue weighted by molar-refractivity contribution is -0.385. The third-order valence-corrected chi connectivity index (χ3v) is 1.64. The number of hydrogen-bond acceptors (Lipinski definition) is 2. The first kappa shape index (κ1) is 8.13. The van der Waals surface area contributed by atoms with Crippen molar-refractivity contribution < 1.29 is 9.31 Å². The summed E-state index contributed by atoms with van der Waals surface area (Å²) < 4.78 is 12.7. The van der Waals surface area contributed by atoms with E-state index in [1.54, 1.807) is 0 Å². The molecule has 0 aliphatic rings. The first-order valence-electron chi connectivity index (χ1n) is 2.62. The van der Waals surface area contributed by atoms with Gasteiger partial charge in [0.05, 0.1) is 21.5 Å². The molecule has 0 heterocycles. The number of nitrogens with zero attached hydrogens (tertiary/aromatic N) is 1. The summed E-state index contributed by atoms with van der Waals surface area (Å²) in [5.41, 5.74) is -0.370. The monoisotopic (exact) mass is 218 g/mol. The van der Waals surface area contributed by atoms with E-state index in [0.29, 0.717) is 0 Å². The van der Waals surface area contributed by atoms with Crippen molar-refractivity contribution in [2.24, 2.45) is 0 Å². The summed E-state index contributed by atoms with van der Waals surface area (Å²) >= 11 is 2.85. The van der Waals surface area contributed by atoms with Crippen molar-refractivity contribution in [3.63, 3.8) is 0 Å². The lowest BCUT2D eigenvalue weighted by Crippen LogP contribution is -1.89. The quantitative estimate of drug-likeness (QED) is 0.537. The topological polar surface area (TPSA) is 43.1 Å². The number of benzene rings is 1. The molecule has 3 nitrogen and oxygen atoms in total. The summed E-state index contributed by atoms with van der Waals surface area (Å²) in [4.78, 5) is 9.36. The molecule has 0 saturated heterocycles. The van der Waals surface area contributed by atoms with Crippen molar-refractivity contribution in [3.8, 4) is 0 Å². The van der Waals surface area contributed by atoms with Gasteiger partial charge in [-0.1, -0.05) is 0 Å². The number of hydrogen-bond donors (Lipinski definition) is 0. The van der Waals surface area contributed by atoms with E-state index in [4.69, 9.17) is 0 Å². The zero-order chi connectivity index (χ0) is 8.43. The van der Waals surface area contributed by atoms with Gasteiger partial charge in [0.25, 0.3) is 5.69 Å². The molecule has 0 bridgehead atoms. The van der Waals surface area contributed by atoms with Gasteiger partial charge in [-0.05, 0) is 22.0 Å². The highest BCUT2D eigenvalue weighted by Gasteiger charge is 2.08. The Balaban J connectivity index is 3.15. The van der Waals surface area contributed by atoms with Gasteiger partial charge in [0.15, 0.2) is 0 Å². The van der Waals surface area contributed by atoms with Crippen LogP contribution in [0.2, 0.25) is 0 Å². The Labute approximate surface area is 70.1 Å². The Kier molecular flexibility index (Phi) is 2.19.